The molecule has 6 atom stereocenters. The fraction of sp³-hybridized carbons (Fsp3) is 0.417. The molecule has 2 unspecified atom stereocenters. The summed E-state index contributed by atoms with van der Waals surface area (Å²) in [5.74, 6) is -0.974. The van der Waals surface area contributed by atoms with Crippen LogP contribution in [-0.4, -0.2) is 88.9 Å². The van der Waals surface area contributed by atoms with Crippen LogP contribution in [0.1, 0.15) is 67.0 Å². The number of unbranched alkanes of at least 4 members (excludes halogenated alkanes) is 1. The highest BCUT2D eigenvalue weighted by Gasteiger charge is 2.67. The molecular formula is C48H56FN7O8Si. The second kappa shape index (κ2) is 18.9. The Morgan fingerprint density at radius 2 is 1.82 bits per heavy atom. The second-order valence-electron chi connectivity index (χ2n) is 17.7. The number of fused-ring (bicyclic) bond motifs is 3. The molecule has 5 aromatic rings. The van der Waals surface area contributed by atoms with Gasteiger partial charge in [0.25, 0.3) is 11.6 Å². The average Bonchev–Trinajstić information content (AvgIpc) is 3.95. The number of ether oxygens (including phenoxy) is 2. The van der Waals surface area contributed by atoms with Gasteiger partial charge in [-0.1, -0.05) is 54.6 Å². The SMILES string of the molecule is CCOc1ccc2c(c1)CC(NCCCCO)C(=O)N2c1cccc(CN2C(=O)[C@@]3(O[C@@H](CCn4cc(C(CO)c5ccccc5)nn4)[C@H]([Si](C)(C)F)[C@H]3C)c3cc([N+](=O)[O-])ccc32)c1. The lowest BCUT2D eigenvalue weighted by atomic mass is 9.82. The summed E-state index contributed by atoms with van der Waals surface area (Å²) in [7, 11) is -3.59. The fourth-order valence-electron chi connectivity index (χ4n) is 10.2. The maximum absolute atomic E-state index is 16.7. The molecule has 3 aliphatic heterocycles. The highest BCUT2D eigenvalue weighted by atomic mass is 28.4. The van der Waals surface area contributed by atoms with Gasteiger partial charge in [0.2, 0.25) is 14.3 Å². The molecule has 1 aromatic heterocycles. The molecule has 4 heterocycles. The molecule has 4 aromatic carbocycles. The van der Waals surface area contributed by atoms with Crippen LogP contribution in [0.5, 0.6) is 5.75 Å². The number of aliphatic hydroxyl groups is 2. The van der Waals surface area contributed by atoms with E-state index >= 15 is 8.90 Å². The van der Waals surface area contributed by atoms with Crippen molar-refractivity contribution in [2.75, 3.05) is 36.2 Å². The van der Waals surface area contributed by atoms with Gasteiger partial charge in [-0.15, -0.1) is 5.10 Å². The number of non-ortho nitro benzene ring substituents is 1. The summed E-state index contributed by atoms with van der Waals surface area (Å²) in [6, 6.07) is 26.4. The lowest BCUT2D eigenvalue weighted by Crippen LogP contribution is -2.49. The number of nitrogens with one attached hydrogen (secondary N) is 1. The van der Waals surface area contributed by atoms with Gasteiger partial charge in [0.15, 0.2) is 5.60 Å². The molecule has 17 heteroatoms. The highest BCUT2D eigenvalue weighted by Crippen LogP contribution is 2.61. The summed E-state index contributed by atoms with van der Waals surface area (Å²) in [4.78, 5) is 44.6. The summed E-state index contributed by atoms with van der Waals surface area (Å²) in [5, 5.41) is 43.9. The Hall–Kier alpha value is -5.85. The molecule has 3 N–H and O–H groups in total. The predicted molar refractivity (Wildman–Crippen MR) is 245 cm³/mol. The van der Waals surface area contributed by atoms with Gasteiger partial charge in [-0.3, -0.25) is 29.3 Å². The number of aryl methyl sites for hydroxylation is 1. The largest absolute Gasteiger partial charge is 0.494 e. The smallest absolute Gasteiger partial charge is 0.269 e. The van der Waals surface area contributed by atoms with Gasteiger partial charge in [0.05, 0.1) is 59.8 Å². The summed E-state index contributed by atoms with van der Waals surface area (Å²) >= 11 is 0. The molecule has 1 fully saturated rings. The van der Waals surface area contributed by atoms with E-state index < -0.39 is 48.4 Å². The Bertz CT molecular complexity index is 2540. The Morgan fingerprint density at radius 1 is 1.03 bits per heavy atom. The second-order valence-corrected chi connectivity index (χ2v) is 21.5. The number of rotatable bonds is 18. The van der Waals surface area contributed by atoms with Crippen molar-refractivity contribution in [3.05, 3.63) is 135 Å². The molecule has 0 bridgehead atoms. The third kappa shape index (κ3) is 8.82. The molecule has 2 amide bonds. The average molecular weight is 906 g/mol. The van der Waals surface area contributed by atoms with Gasteiger partial charge < -0.3 is 34.0 Å². The first-order valence-corrected chi connectivity index (χ1v) is 25.3. The van der Waals surface area contributed by atoms with Crippen molar-refractivity contribution < 1.29 is 38.3 Å². The van der Waals surface area contributed by atoms with Crippen molar-refractivity contribution >= 4 is 43.0 Å². The lowest BCUT2D eigenvalue weighted by Gasteiger charge is -2.35. The van der Waals surface area contributed by atoms with Gasteiger partial charge >= 0.3 is 0 Å². The number of carbonyl (C=O) groups is 2. The monoisotopic (exact) mass is 905 g/mol. The minimum atomic E-state index is -3.59. The summed E-state index contributed by atoms with van der Waals surface area (Å²) in [5.41, 5.74) is 2.54. The molecule has 65 heavy (non-hydrogen) atoms. The van der Waals surface area contributed by atoms with Crippen LogP contribution in [0.3, 0.4) is 0 Å². The minimum absolute atomic E-state index is 0.0390. The van der Waals surface area contributed by atoms with Crippen molar-refractivity contribution in [3.8, 4) is 5.75 Å². The van der Waals surface area contributed by atoms with Crippen LogP contribution in [0, 0.1) is 16.0 Å². The molecule has 1 spiro atoms. The van der Waals surface area contributed by atoms with Gasteiger partial charge in [0.1, 0.15) is 5.75 Å². The predicted octanol–water partition coefficient (Wildman–Crippen LogP) is 7.07. The molecule has 342 valence electrons. The first kappa shape index (κ1) is 45.7. The Kier molecular flexibility index (Phi) is 13.3. The zero-order chi connectivity index (χ0) is 46.0. The molecule has 1 saturated heterocycles. The third-order valence-electron chi connectivity index (χ3n) is 13.1. The first-order valence-electron chi connectivity index (χ1n) is 22.3. The van der Waals surface area contributed by atoms with Gasteiger partial charge in [-0.2, -0.15) is 0 Å². The van der Waals surface area contributed by atoms with Crippen molar-refractivity contribution in [2.24, 2.45) is 5.92 Å². The number of hydrogen-bond donors (Lipinski definition) is 3. The van der Waals surface area contributed by atoms with E-state index in [1.54, 1.807) is 39.8 Å². The van der Waals surface area contributed by atoms with Crippen LogP contribution in [0.4, 0.5) is 26.9 Å². The van der Waals surface area contributed by atoms with E-state index in [4.69, 9.17) is 9.47 Å². The van der Waals surface area contributed by atoms with E-state index in [1.807, 2.05) is 86.6 Å². The summed E-state index contributed by atoms with van der Waals surface area (Å²) < 4.78 is 31.1. The van der Waals surface area contributed by atoms with E-state index in [1.165, 1.54) is 12.1 Å². The van der Waals surface area contributed by atoms with Crippen LogP contribution < -0.4 is 19.9 Å². The molecule has 3 aliphatic rings. The third-order valence-corrected chi connectivity index (χ3v) is 15.6. The summed E-state index contributed by atoms with van der Waals surface area (Å²) in [6.07, 6.45) is 3.06. The zero-order valence-corrected chi connectivity index (χ0v) is 38.1. The standard InChI is InChI=1S/C48H56FN7O8Si/c1-5-63-37-17-19-42-34(25-37)26-40(50-21-9-10-23-57)46(59)55(42)35-15-11-12-32(24-35)28-54-43-18-16-36(56(61)62)27-39(43)48(47(54)60)31(2)45(65(3,4)49)44(64-48)20-22-53-29-41(51-52-53)38(30-58)33-13-7-6-8-14-33/h6-8,11-19,24-25,27,29,31,38,40,44-45,50,57-58H,5,9-10,20-23,26,28,30H2,1-4H3/t31-,38?,40?,44+,45-,48+/m1/s1. The normalized spacial score (nSPS) is 22.1. The van der Waals surface area contributed by atoms with E-state index in [9.17, 15) is 25.1 Å². The van der Waals surface area contributed by atoms with Crippen LogP contribution in [0.25, 0.3) is 0 Å². The highest BCUT2D eigenvalue weighted by molar-refractivity contribution is 6.72. The number of aliphatic hydroxyl groups excluding tert-OH is 2. The molecule has 15 nitrogen and oxygen atoms in total. The van der Waals surface area contributed by atoms with Gasteiger partial charge in [0, 0.05) is 54.2 Å². The number of amides is 2. The number of carbonyl (C=O) groups excluding carboxylic acids is 2. The van der Waals surface area contributed by atoms with E-state index in [2.05, 4.69) is 15.6 Å². The van der Waals surface area contributed by atoms with Crippen molar-refractivity contribution in [1.29, 1.82) is 0 Å². The lowest BCUT2D eigenvalue weighted by molar-refractivity contribution is -0.385. The number of benzene rings is 4. The minimum Gasteiger partial charge on any atom is -0.494 e. The van der Waals surface area contributed by atoms with Crippen molar-refractivity contribution in [1.82, 2.24) is 20.3 Å². The molecule has 0 saturated carbocycles. The number of aromatic nitrogens is 3. The zero-order valence-electron chi connectivity index (χ0n) is 37.1. The number of hydrogen-bond acceptors (Lipinski definition) is 11. The quantitative estimate of drug-likeness (QED) is 0.0269. The van der Waals surface area contributed by atoms with E-state index in [0.717, 1.165) is 11.1 Å². The summed E-state index contributed by atoms with van der Waals surface area (Å²) in [6.45, 7) is 8.19. The number of nitro groups is 1. The Balaban J connectivity index is 1.10. The molecule has 0 aliphatic carbocycles. The maximum atomic E-state index is 16.7. The van der Waals surface area contributed by atoms with E-state index in [-0.39, 0.29) is 50.2 Å². The van der Waals surface area contributed by atoms with Crippen LogP contribution in [0.15, 0.2) is 97.2 Å². The van der Waals surface area contributed by atoms with E-state index in [0.29, 0.717) is 72.0 Å². The Morgan fingerprint density at radius 3 is 2.54 bits per heavy atom. The van der Waals surface area contributed by atoms with Crippen LogP contribution >= 0.6 is 0 Å². The van der Waals surface area contributed by atoms with Crippen molar-refractivity contribution in [3.63, 3.8) is 0 Å². The Labute approximate surface area is 378 Å². The number of halogens is 1. The molecule has 8 rings (SSSR count). The number of nitrogens with zero attached hydrogens (tertiary/aromatic N) is 6. The van der Waals surface area contributed by atoms with Crippen LogP contribution in [-0.2, 0) is 39.4 Å². The van der Waals surface area contributed by atoms with Gasteiger partial charge in [-0.05, 0) is 105 Å². The fourth-order valence-corrected chi connectivity index (χ4v) is 12.7. The van der Waals surface area contributed by atoms with Gasteiger partial charge in [-0.25, -0.2) is 0 Å². The first-order chi connectivity index (χ1) is 31.3. The molecular weight excluding hydrogens is 850 g/mol. The molecule has 0 radical (unpaired) electrons. The van der Waals surface area contributed by atoms with Crippen LogP contribution in [0.2, 0.25) is 18.6 Å². The maximum Gasteiger partial charge on any atom is 0.269 e. The number of anilines is 3. The topological polar surface area (TPSA) is 185 Å². The van der Waals surface area contributed by atoms with Crippen molar-refractivity contribution in [2.45, 2.75) is 94.9 Å². The number of nitro benzene ring substituents is 1.